The second kappa shape index (κ2) is 9.95. The summed E-state index contributed by atoms with van der Waals surface area (Å²) in [5, 5.41) is 3.30. The zero-order valence-electron chi connectivity index (χ0n) is 18.6. The zero-order valence-corrected chi connectivity index (χ0v) is 19.4. The van der Waals surface area contributed by atoms with Crippen molar-refractivity contribution in [1.29, 1.82) is 0 Å². The molecule has 0 saturated heterocycles. The number of rotatable bonds is 7. The highest BCUT2D eigenvalue weighted by Crippen LogP contribution is 2.29. The number of hydrogen-bond donors (Lipinski definition) is 1. The molecular weight excluding hydrogens is 438 g/mol. The van der Waals surface area contributed by atoms with Crippen molar-refractivity contribution in [2.45, 2.75) is 32.7 Å². The molecule has 8 heteroatoms. The van der Waals surface area contributed by atoms with Crippen LogP contribution in [-0.2, 0) is 17.8 Å². The van der Waals surface area contributed by atoms with E-state index >= 15 is 0 Å². The lowest BCUT2D eigenvalue weighted by atomic mass is 10.0. The van der Waals surface area contributed by atoms with E-state index in [1.54, 1.807) is 17.0 Å². The molecule has 1 aromatic heterocycles. The Hall–Kier alpha value is -3.52. The lowest BCUT2D eigenvalue weighted by Gasteiger charge is -2.26. The van der Waals surface area contributed by atoms with Crippen LogP contribution < -0.4 is 10.1 Å². The molecule has 0 fully saturated rings. The maximum Gasteiger partial charge on any atom is 0.254 e. The van der Waals surface area contributed by atoms with Gasteiger partial charge in [0.1, 0.15) is 5.75 Å². The molecule has 0 bridgehead atoms. The molecule has 33 heavy (non-hydrogen) atoms. The SMILES string of the molecule is COc1ccc(C)cc1C(=O)CCC(=O)Nc1nc2c(s1)CN(C(=O)c1ccccc1)CC2. The lowest BCUT2D eigenvalue weighted by Crippen LogP contribution is -2.35. The molecular formula is C25H25N3O4S. The topological polar surface area (TPSA) is 88.6 Å². The molecule has 0 saturated carbocycles. The van der Waals surface area contributed by atoms with Crippen LogP contribution in [0.4, 0.5) is 5.13 Å². The molecule has 0 unspecified atom stereocenters. The van der Waals surface area contributed by atoms with Gasteiger partial charge in [0.15, 0.2) is 10.9 Å². The van der Waals surface area contributed by atoms with Gasteiger partial charge in [0.2, 0.25) is 5.91 Å². The summed E-state index contributed by atoms with van der Waals surface area (Å²) in [7, 11) is 1.52. The first-order valence-corrected chi connectivity index (χ1v) is 11.6. The summed E-state index contributed by atoms with van der Waals surface area (Å²) in [5.74, 6) is 0.0935. The molecule has 7 nitrogen and oxygen atoms in total. The van der Waals surface area contributed by atoms with Gasteiger partial charge in [-0.1, -0.05) is 41.2 Å². The van der Waals surface area contributed by atoms with Crippen LogP contribution in [0.25, 0.3) is 0 Å². The third-order valence-corrected chi connectivity index (χ3v) is 6.52. The van der Waals surface area contributed by atoms with Crippen LogP contribution in [0, 0.1) is 6.92 Å². The van der Waals surface area contributed by atoms with Crippen molar-refractivity contribution >= 4 is 34.1 Å². The number of amides is 2. The number of Topliss-reactive ketones (excluding diaryl/α,β-unsaturated/α-hetero) is 1. The van der Waals surface area contributed by atoms with Gasteiger partial charge in [0.05, 0.1) is 24.9 Å². The Morgan fingerprint density at radius 3 is 2.67 bits per heavy atom. The molecule has 2 heterocycles. The quantitative estimate of drug-likeness (QED) is 0.529. The second-order valence-electron chi connectivity index (χ2n) is 7.91. The van der Waals surface area contributed by atoms with Crippen LogP contribution in [0.2, 0.25) is 0 Å². The molecule has 1 N–H and O–H groups in total. The number of methoxy groups -OCH3 is 1. The molecule has 4 rings (SSSR count). The van der Waals surface area contributed by atoms with Crippen molar-refractivity contribution < 1.29 is 19.1 Å². The number of nitrogens with one attached hydrogen (secondary N) is 1. The van der Waals surface area contributed by atoms with E-state index in [1.165, 1.54) is 18.4 Å². The molecule has 1 aliphatic rings. The molecule has 0 spiro atoms. The van der Waals surface area contributed by atoms with Crippen LogP contribution in [0.1, 0.15) is 49.7 Å². The van der Waals surface area contributed by atoms with Gasteiger partial charge in [0, 0.05) is 36.2 Å². The highest BCUT2D eigenvalue weighted by atomic mass is 32.1. The highest BCUT2D eigenvalue weighted by molar-refractivity contribution is 7.15. The van der Waals surface area contributed by atoms with Gasteiger partial charge in [-0.25, -0.2) is 4.98 Å². The van der Waals surface area contributed by atoms with E-state index in [0.717, 1.165) is 16.1 Å². The summed E-state index contributed by atoms with van der Waals surface area (Å²) < 4.78 is 5.27. The number of carbonyl (C=O) groups is 3. The first-order chi connectivity index (χ1) is 15.9. The van der Waals surface area contributed by atoms with Crippen LogP contribution >= 0.6 is 11.3 Å². The van der Waals surface area contributed by atoms with E-state index in [4.69, 9.17) is 4.74 Å². The van der Waals surface area contributed by atoms with E-state index in [2.05, 4.69) is 10.3 Å². The van der Waals surface area contributed by atoms with Crippen molar-refractivity contribution in [3.63, 3.8) is 0 Å². The summed E-state index contributed by atoms with van der Waals surface area (Å²) in [5.41, 5.74) is 3.01. The number of thiazole rings is 1. The van der Waals surface area contributed by atoms with Gasteiger partial charge in [-0.15, -0.1) is 0 Å². The Morgan fingerprint density at radius 1 is 1.12 bits per heavy atom. The number of nitrogens with zero attached hydrogens (tertiary/aromatic N) is 2. The highest BCUT2D eigenvalue weighted by Gasteiger charge is 2.25. The third kappa shape index (κ3) is 5.28. The summed E-state index contributed by atoms with van der Waals surface area (Å²) in [6.45, 7) is 2.97. The third-order valence-electron chi connectivity index (χ3n) is 5.52. The van der Waals surface area contributed by atoms with Crippen LogP contribution in [0.5, 0.6) is 5.75 Å². The van der Waals surface area contributed by atoms with Gasteiger partial charge in [0.25, 0.3) is 5.91 Å². The van der Waals surface area contributed by atoms with Crippen molar-refractivity contribution in [3.05, 3.63) is 75.8 Å². The van der Waals surface area contributed by atoms with E-state index in [0.29, 0.717) is 41.5 Å². The zero-order chi connectivity index (χ0) is 23.4. The molecule has 170 valence electrons. The number of fused-ring (bicyclic) bond motifs is 1. The minimum absolute atomic E-state index is 0.00896. The van der Waals surface area contributed by atoms with E-state index in [-0.39, 0.29) is 30.4 Å². The fourth-order valence-corrected chi connectivity index (χ4v) is 4.81. The number of ketones is 1. The fourth-order valence-electron chi connectivity index (χ4n) is 3.77. The van der Waals surface area contributed by atoms with Gasteiger partial charge < -0.3 is 15.0 Å². The predicted octanol–water partition coefficient (Wildman–Crippen LogP) is 4.26. The minimum Gasteiger partial charge on any atom is -0.496 e. The molecule has 0 atom stereocenters. The van der Waals surface area contributed by atoms with Gasteiger partial charge >= 0.3 is 0 Å². The Labute approximate surface area is 196 Å². The maximum absolute atomic E-state index is 12.7. The van der Waals surface area contributed by atoms with Crippen LogP contribution in [0.3, 0.4) is 0 Å². The standard InChI is InChI=1S/C25H25N3O4S/c1-16-8-10-21(32-2)18(14-16)20(29)9-11-23(30)27-25-26-19-12-13-28(15-22(19)33-25)24(31)17-6-4-3-5-7-17/h3-8,10,14H,9,11-13,15H2,1-2H3,(H,26,27,30). The Morgan fingerprint density at radius 2 is 1.91 bits per heavy atom. The molecule has 2 amide bonds. The van der Waals surface area contributed by atoms with Crippen molar-refractivity contribution in [1.82, 2.24) is 9.88 Å². The summed E-state index contributed by atoms with van der Waals surface area (Å²) in [6, 6.07) is 14.6. The first-order valence-electron chi connectivity index (χ1n) is 10.7. The number of aromatic nitrogens is 1. The second-order valence-corrected chi connectivity index (χ2v) is 8.99. The van der Waals surface area contributed by atoms with Crippen LogP contribution in [0.15, 0.2) is 48.5 Å². The molecule has 0 aliphatic carbocycles. The Balaban J connectivity index is 1.34. The number of hydrogen-bond acceptors (Lipinski definition) is 6. The molecule has 0 radical (unpaired) electrons. The molecule has 1 aliphatic heterocycles. The number of carbonyl (C=O) groups excluding carboxylic acids is 3. The lowest BCUT2D eigenvalue weighted by molar-refractivity contribution is -0.116. The van der Waals surface area contributed by atoms with Crippen molar-refractivity contribution in [2.75, 3.05) is 19.0 Å². The minimum atomic E-state index is -0.265. The summed E-state index contributed by atoms with van der Waals surface area (Å²) in [6.07, 6.45) is 0.779. The largest absolute Gasteiger partial charge is 0.496 e. The number of anilines is 1. The van der Waals surface area contributed by atoms with Gasteiger partial charge in [-0.05, 0) is 31.2 Å². The Kier molecular flexibility index (Phi) is 6.84. The van der Waals surface area contributed by atoms with E-state index in [9.17, 15) is 14.4 Å². The van der Waals surface area contributed by atoms with Crippen molar-refractivity contribution in [3.8, 4) is 5.75 Å². The summed E-state index contributed by atoms with van der Waals surface area (Å²) >= 11 is 1.38. The van der Waals surface area contributed by atoms with E-state index in [1.807, 2.05) is 43.3 Å². The summed E-state index contributed by atoms with van der Waals surface area (Å²) in [4.78, 5) is 45.1. The molecule has 3 aromatic rings. The fraction of sp³-hybridized carbons (Fsp3) is 0.280. The van der Waals surface area contributed by atoms with Crippen LogP contribution in [-0.4, -0.2) is 41.1 Å². The average Bonchev–Trinajstić information content (AvgIpc) is 3.23. The monoisotopic (exact) mass is 463 g/mol. The number of aryl methyl sites for hydroxylation is 1. The number of benzene rings is 2. The normalized spacial score (nSPS) is 12.7. The number of ether oxygens (including phenoxy) is 1. The van der Waals surface area contributed by atoms with E-state index < -0.39 is 0 Å². The smallest absolute Gasteiger partial charge is 0.254 e. The van der Waals surface area contributed by atoms with Gasteiger partial charge in [-0.3, -0.25) is 14.4 Å². The maximum atomic E-state index is 12.7. The first kappa shape index (κ1) is 22.7. The molecule has 2 aromatic carbocycles. The average molecular weight is 464 g/mol. The Bertz CT molecular complexity index is 1190. The van der Waals surface area contributed by atoms with Crippen molar-refractivity contribution in [2.24, 2.45) is 0 Å². The predicted molar refractivity (Wildman–Crippen MR) is 127 cm³/mol. The van der Waals surface area contributed by atoms with Gasteiger partial charge in [-0.2, -0.15) is 0 Å².